The van der Waals surface area contributed by atoms with Gasteiger partial charge in [-0.15, -0.1) is 0 Å². The lowest BCUT2D eigenvalue weighted by Crippen LogP contribution is -2.46. The lowest BCUT2D eigenvalue weighted by Gasteiger charge is -2.37. The van der Waals surface area contributed by atoms with E-state index >= 15 is 0 Å². The highest BCUT2D eigenvalue weighted by Gasteiger charge is 2.59. The van der Waals surface area contributed by atoms with Crippen molar-refractivity contribution in [2.24, 2.45) is 0 Å². The Morgan fingerprint density at radius 1 is 1.00 bits per heavy atom. The number of aromatic nitrogens is 2. The average molecular weight is 495 g/mol. The maximum atomic E-state index is 14.3. The molecular formula is C24H19Cl2F3N2O2. The average Bonchev–Trinajstić information content (AvgIpc) is 3.20. The van der Waals surface area contributed by atoms with Crippen molar-refractivity contribution in [2.45, 2.75) is 24.6 Å². The monoisotopic (exact) mass is 494 g/mol. The van der Waals surface area contributed by atoms with Gasteiger partial charge in [0.15, 0.2) is 5.60 Å². The number of alkyl halides is 3. The number of methoxy groups -OCH3 is 1. The number of nitrogens with zero attached hydrogens (tertiary/aromatic N) is 2. The summed E-state index contributed by atoms with van der Waals surface area (Å²) in [6.07, 6.45) is -3.52. The van der Waals surface area contributed by atoms with Gasteiger partial charge in [-0.05, 0) is 59.7 Å². The predicted octanol–water partition coefficient (Wildman–Crippen LogP) is 6.89. The van der Waals surface area contributed by atoms with Crippen LogP contribution in [-0.4, -0.2) is 28.2 Å². The minimum atomic E-state index is -4.98. The van der Waals surface area contributed by atoms with Crippen LogP contribution < -0.4 is 4.74 Å². The molecule has 1 heterocycles. The van der Waals surface area contributed by atoms with Crippen molar-refractivity contribution in [3.63, 3.8) is 0 Å². The highest BCUT2D eigenvalue weighted by molar-refractivity contribution is 6.35. The Hall–Kier alpha value is -2.74. The van der Waals surface area contributed by atoms with E-state index in [1.807, 2.05) is 0 Å². The summed E-state index contributed by atoms with van der Waals surface area (Å²) < 4.78 is 49.7. The molecule has 0 spiro atoms. The molecule has 33 heavy (non-hydrogen) atoms. The van der Waals surface area contributed by atoms with Gasteiger partial charge in [0.25, 0.3) is 0 Å². The Bertz CT molecular complexity index is 1310. The zero-order valence-corrected chi connectivity index (χ0v) is 19.1. The van der Waals surface area contributed by atoms with Crippen LogP contribution in [0.3, 0.4) is 0 Å². The lowest BCUT2D eigenvalue weighted by atomic mass is 9.77. The van der Waals surface area contributed by atoms with Gasteiger partial charge in [-0.3, -0.25) is 0 Å². The number of rotatable bonds is 5. The second-order valence-electron chi connectivity index (χ2n) is 7.68. The van der Waals surface area contributed by atoms with E-state index in [1.54, 1.807) is 36.1 Å². The molecule has 2 unspecified atom stereocenters. The Morgan fingerprint density at radius 2 is 1.70 bits per heavy atom. The van der Waals surface area contributed by atoms with E-state index in [-0.39, 0.29) is 16.1 Å². The van der Waals surface area contributed by atoms with Crippen LogP contribution in [0.25, 0.3) is 16.6 Å². The summed E-state index contributed by atoms with van der Waals surface area (Å²) in [5.41, 5.74) is -2.07. The van der Waals surface area contributed by atoms with E-state index in [9.17, 15) is 18.3 Å². The predicted molar refractivity (Wildman–Crippen MR) is 122 cm³/mol. The number of ether oxygens (including phenoxy) is 1. The third-order valence-corrected chi connectivity index (χ3v) is 6.38. The summed E-state index contributed by atoms with van der Waals surface area (Å²) in [6.45, 7) is 1.29. The van der Waals surface area contributed by atoms with Gasteiger partial charge in [0, 0.05) is 21.3 Å². The third kappa shape index (κ3) is 4.05. The summed E-state index contributed by atoms with van der Waals surface area (Å²) in [5, 5.41) is 16.2. The molecule has 0 bridgehead atoms. The number of aliphatic hydroxyl groups is 1. The highest BCUT2D eigenvalue weighted by Crippen LogP contribution is 2.50. The maximum Gasteiger partial charge on any atom is 0.422 e. The largest absolute Gasteiger partial charge is 0.497 e. The summed E-state index contributed by atoms with van der Waals surface area (Å²) >= 11 is 12.1. The second-order valence-corrected chi connectivity index (χ2v) is 8.52. The molecule has 0 amide bonds. The molecule has 4 nitrogen and oxygen atoms in total. The summed E-state index contributed by atoms with van der Waals surface area (Å²) in [7, 11) is 1.56. The van der Waals surface area contributed by atoms with Crippen LogP contribution >= 0.6 is 23.2 Å². The first kappa shape index (κ1) is 23.4. The van der Waals surface area contributed by atoms with Crippen molar-refractivity contribution in [3.05, 3.63) is 88.0 Å². The van der Waals surface area contributed by atoms with Gasteiger partial charge >= 0.3 is 6.18 Å². The fourth-order valence-electron chi connectivity index (χ4n) is 3.94. The van der Waals surface area contributed by atoms with Crippen molar-refractivity contribution in [3.8, 4) is 11.4 Å². The highest BCUT2D eigenvalue weighted by atomic mass is 35.5. The van der Waals surface area contributed by atoms with Crippen molar-refractivity contribution in [1.29, 1.82) is 0 Å². The molecule has 4 aromatic rings. The van der Waals surface area contributed by atoms with Gasteiger partial charge in [0.05, 0.1) is 24.5 Å². The molecular weight excluding hydrogens is 476 g/mol. The molecule has 1 aromatic heterocycles. The zero-order chi connectivity index (χ0) is 24.0. The van der Waals surface area contributed by atoms with E-state index in [4.69, 9.17) is 27.9 Å². The minimum absolute atomic E-state index is 0.0473. The molecule has 0 aliphatic heterocycles. The van der Waals surface area contributed by atoms with Gasteiger partial charge in [-0.1, -0.05) is 42.3 Å². The fraction of sp³-hybridized carbons (Fsp3) is 0.208. The minimum Gasteiger partial charge on any atom is -0.497 e. The molecule has 0 aliphatic carbocycles. The fourth-order valence-corrected chi connectivity index (χ4v) is 4.51. The van der Waals surface area contributed by atoms with Crippen molar-refractivity contribution in [2.75, 3.05) is 7.11 Å². The molecule has 0 fully saturated rings. The second kappa shape index (κ2) is 8.56. The van der Waals surface area contributed by atoms with E-state index in [2.05, 4.69) is 5.10 Å². The molecule has 3 aromatic carbocycles. The third-order valence-electron chi connectivity index (χ3n) is 5.81. The lowest BCUT2D eigenvalue weighted by molar-refractivity contribution is -0.274. The van der Waals surface area contributed by atoms with Crippen molar-refractivity contribution in [1.82, 2.24) is 9.78 Å². The topological polar surface area (TPSA) is 47.3 Å². The van der Waals surface area contributed by atoms with Gasteiger partial charge in [0.1, 0.15) is 5.75 Å². The van der Waals surface area contributed by atoms with Crippen LogP contribution in [0.2, 0.25) is 10.0 Å². The van der Waals surface area contributed by atoms with Crippen LogP contribution in [0.1, 0.15) is 24.0 Å². The first-order chi connectivity index (χ1) is 15.6. The van der Waals surface area contributed by atoms with E-state index in [1.165, 1.54) is 49.5 Å². The molecule has 4 rings (SSSR count). The van der Waals surface area contributed by atoms with Crippen LogP contribution in [0.15, 0.2) is 66.9 Å². The summed E-state index contributed by atoms with van der Waals surface area (Å²) in [6, 6.07) is 15.4. The van der Waals surface area contributed by atoms with Gasteiger partial charge in [-0.25, -0.2) is 4.68 Å². The maximum absolute atomic E-state index is 14.3. The van der Waals surface area contributed by atoms with Crippen LogP contribution in [0.5, 0.6) is 5.75 Å². The molecule has 9 heteroatoms. The van der Waals surface area contributed by atoms with Crippen LogP contribution in [0, 0.1) is 0 Å². The van der Waals surface area contributed by atoms with Gasteiger partial charge in [0.2, 0.25) is 0 Å². The Morgan fingerprint density at radius 3 is 2.30 bits per heavy atom. The van der Waals surface area contributed by atoms with Crippen molar-refractivity contribution < 1.29 is 23.0 Å². The van der Waals surface area contributed by atoms with Crippen molar-refractivity contribution >= 4 is 34.1 Å². The summed E-state index contributed by atoms with van der Waals surface area (Å²) in [4.78, 5) is 0. The molecule has 0 saturated heterocycles. The zero-order valence-electron chi connectivity index (χ0n) is 17.6. The SMILES string of the molecule is COc1ccc(-n2ncc3cc(C(O)(C(C)c4ccc(Cl)cc4Cl)C(F)(F)F)ccc32)cc1. The molecule has 172 valence electrons. The quantitative estimate of drug-likeness (QED) is 0.328. The van der Waals surface area contributed by atoms with Crippen LogP contribution in [-0.2, 0) is 5.60 Å². The molecule has 2 atom stereocenters. The number of hydrogen-bond donors (Lipinski definition) is 1. The smallest absolute Gasteiger partial charge is 0.422 e. The van der Waals surface area contributed by atoms with E-state index in [0.29, 0.717) is 27.4 Å². The van der Waals surface area contributed by atoms with E-state index in [0.717, 1.165) is 0 Å². The van der Waals surface area contributed by atoms with Gasteiger partial charge < -0.3 is 9.84 Å². The number of fused-ring (bicyclic) bond motifs is 1. The van der Waals surface area contributed by atoms with Crippen LogP contribution in [0.4, 0.5) is 13.2 Å². The first-order valence-electron chi connectivity index (χ1n) is 9.93. The number of benzene rings is 3. The number of hydrogen-bond acceptors (Lipinski definition) is 3. The van der Waals surface area contributed by atoms with Gasteiger partial charge in [-0.2, -0.15) is 18.3 Å². The molecule has 0 aliphatic rings. The summed E-state index contributed by atoms with van der Waals surface area (Å²) in [5.74, 6) is -0.737. The standard InChI is InChI=1S/C24H19Cl2F3N2O2/c1-14(20-9-4-17(25)12-21(20)26)23(32,24(27,28)29)16-3-10-22-15(11-16)13-30-31(22)18-5-7-19(33-2)8-6-18/h3-14,32H,1-2H3. The molecule has 0 saturated carbocycles. The van der Waals surface area contributed by atoms with E-state index < -0.39 is 17.7 Å². The normalized spacial score (nSPS) is 14.8. The number of halogens is 5. The molecule has 0 radical (unpaired) electrons. The Labute approximate surface area is 198 Å². The Balaban J connectivity index is 1.81. The Kier molecular flexibility index (Phi) is 6.07. The first-order valence-corrected chi connectivity index (χ1v) is 10.7. The molecule has 1 N–H and O–H groups in total.